The van der Waals surface area contributed by atoms with Crippen molar-refractivity contribution in [2.75, 3.05) is 6.54 Å². The minimum atomic E-state index is -1.11. The number of likely N-dealkylation sites (tertiary alicyclic amines) is 1. The highest BCUT2D eigenvalue weighted by atomic mass is 16.6. The Bertz CT molecular complexity index is 673. The number of benzene rings is 1. The van der Waals surface area contributed by atoms with E-state index in [1.54, 1.807) is 0 Å². The van der Waals surface area contributed by atoms with Gasteiger partial charge in [0.15, 0.2) is 6.23 Å². The van der Waals surface area contributed by atoms with E-state index in [1.807, 2.05) is 6.92 Å². The number of rotatable bonds is 3. The molecular weight excluding hydrogens is 304 g/mol. The predicted octanol–water partition coefficient (Wildman–Crippen LogP) is 2.49. The Labute approximate surface area is 131 Å². The summed E-state index contributed by atoms with van der Waals surface area (Å²) in [7, 11) is 0. The summed E-state index contributed by atoms with van der Waals surface area (Å²) in [6.07, 6.45) is -0.502. The Kier molecular flexibility index (Phi) is 3.46. The third-order valence-corrected chi connectivity index (χ3v) is 4.71. The molecule has 8 nitrogen and oxygen atoms in total. The number of nitro benzene ring substituents is 1. The highest BCUT2D eigenvalue weighted by Gasteiger charge is 2.57. The maximum Gasteiger partial charge on any atom is 0.410 e. The SMILES string of the molecule is CC12CC1CC(OC(=O)c1ccc([N+](=O)[O-])cc1)N(C(=O)O)C2. The number of carbonyl (C=O) groups is 2. The first-order valence-corrected chi connectivity index (χ1v) is 7.25. The highest BCUT2D eigenvalue weighted by molar-refractivity contribution is 5.89. The van der Waals surface area contributed by atoms with Gasteiger partial charge in [0, 0.05) is 25.1 Å². The van der Waals surface area contributed by atoms with Crippen LogP contribution in [0.2, 0.25) is 0 Å². The number of hydrogen-bond acceptors (Lipinski definition) is 5. The summed E-state index contributed by atoms with van der Waals surface area (Å²) in [6.45, 7) is 2.38. The van der Waals surface area contributed by atoms with Gasteiger partial charge in [0.05, 0.1) is 10.5 Å². The summed E-state index contributed by atoms with van der Waals surface area (Å²) >= 11 is 0. The van der Waals surface area contributed by atoms with E-state index in [0.29, 0.717) is 18.9 Å². The average molecular weight is 320 g/mol. The molecule has 1 saturated heterocycles. The Morgan fingerprint density at radius 2 is 2.04 bits per heavy atom. The molecule has 3 atom stereocenters. The summed E-state index contributed by atoms with van der Waals surface area (Å²) in [5, 5.41) is 19.9. The fourth-order valence-electron chi connectivity index (χ4n) is 3.14. The largest absolute Gasteiger partial charge is 0.465 e. The molecular formula is C15H16N2O6. The van der Waals surface area contributed by atoms with Crippen LogP contribution >= 0.6 is 0 Å². The predicted molar refractivity (Wildman–Crippen MR) is 77.9 cm³/mol. The van der Waals surface area contributed by atoms with Gasteiger partial charge in [-0.3, -0.25) is 15.0 Å². The van der Waals surface area contributed by atoms with E-state index < -0.39 is 23.2 Å². The molecule has 122 valence electrons. The summed E-state index contributed by atoms with van der Waals surface area (Å²) in [5.74, 6) is -0.312. The van der Waals surface area contributed by atoms with E-state index >= 15 is 0 Å². The van der Waals surface area contributed by atoms with Gasteiger partial charge in [-0.2, -0.15) is 0 Å². The van der Waals surface area contributed by atoms with Crippen LogP contribution in [0.3, 0.4) is 0 Å². The molecule has 0 spiro atoms. The molecule has 0 aromatic heterocycles. The minimum Gasteiger partial charge on any atom is -0.465 e. The van der Waals surface area contributed by atoms with Crippen LogP contribution in [0.4, 0.5) is 10.5 Å². The summed E-state index contributed by atoms with van der Waals surface area (Å²) in [5.41, 5.74) is 0.0273. The number of amides is 1. The first kappa shape index (κ1) is 15.3. The van der Waals surface area contributed by atoms with Crippen LogP contribution in [-0.4, -0.2) is 39.8 Å². The Hall–Kier alpha value is -2.64. The molecule has 2 aliphatic rings. The second kappa shape index (κ2) is 5.22. The fourth-order valence-corrected chi connectivity index (χ4v) is 3.14. The molecule has 2 fully saturated rings. The lowest BCUT2D eigenvalue weighted by molar-refractivity contribution is -0.384. The molecule has 1 aliphatic carbocycles. The van der Waals surface area contributed by atoms with Gasteiger partial charge in [-0.15, -0.1) is 0 Å². The molecule has 23 heavy (non-hydrogen) atoms. The van der Waals surface area contributed by atoms with Gasteiger partial charge in [-0.25, -0.2) is 9.59 Å². The van der Waals surface area contributed by atoms with E-state index in [2.05, 4.69) is 0 Å². The summed E-state index contributed by atoms with van der Waals surface area (Å²) < 4.78 is 5.33. The lowest BCUT2D eigenvalue weighted by atomic mass is 9.99. The van der Waals surface area contributed by atoms with Crippen molar-refractivity contribution in [2.24, 2.45) is 11.3 Å². The van der Waals surface area contributed by atoms with Gasteiger partial charge < -0.3 is 9.84 Å². The number of ether oxygens (including phenoxy) is 1. The number of piperidine rings is 1. The number of non-ortho nitro benzene ring substituents is 1. The van der Waals surface area contributed by atoms with E-state index in [-0.39, 0.29) is 16.7 Å². The van der Waals surface area contributed by atoms with Crippen molar-refractivity contribution >= 4 is 17.7 Å². The van der Waals surface area contributed by atoms with Gasteiger partial charge in [0.25, 0.3) is 5.69 Å². The molecule has 3 rings (SSSR count). The third kappa shape index (κ3) is 2.84. The molecule has 8 heteroatoms. The lowest BCUT2D eigenvalue weighted by Gasteiger charge is -2.35. The zero-order valence-corrected chi connectivity index (χ0v) is 12.5. The second-order valence-corrected chi connectivity index (χ2v) is 6.37. The van der Waals surface area contributed by atoms with Gasteiger partial charge in [-0.05, 0) is 29.9 Å². The summed E-state index contributed by atoms with van der Waals surface area (Å²) in [6, 6.07) is 5.03. The second-order valence-electron chi connectivity index (χ2n) is 6.37. The van der Waals surface area contributed by atoms with Crippen molar-refractivity contribution in [3.8, 4) is 0 Å². The van der Waals surface area contributed by atoms with Gasteiger partial charge in [-0.1, -0.05) is 6.92 Å². The van der Waals surface area contributed by atoms with E-state index in [9.17, 15) is 24.8 Å². The van der Waals surface area contributed by atoms with Gasteiger partial charge in [0.1, 0.15) is 0 Å². The van der Waals surface area contributed by atoms with Crippen LogP contribution in [0.15, 0.2) is 24.3 Å². The van der Waals surface area contributed by atoms with Crippen LogP contribution in [0.25, 0.3) is 0 Å². The van der Waals surface area contributed by atoms with Gasteiger partial charge in [0.2, 0.25) is 0 Å². The van der Waals surface area contributed by atoms with Crippen molar-refractivity contribution in [1.82, 2.24) is 4.90 Å². The van der Waals surface area contributed by atoms with Crippen molar-refractivity contribution < 1.29 is 24.4 Å². The molecule has 1 N–H and O–H groups in total. The van der Waals surface area contributed by atoms with Crippen LogP contribution in [-0.2, 0) is 4.74 Å². The minimum absolute atomic E-state index is 0.00530. The maximum absolute atomic E-state index is 12.2. The molecule has 1 heterocycles. The van der Waals surface area contributed by atoms with Crippen LogP contribution in [0.5, 0.6) is 0 Å². The normalized spacial score (nSPS) is 28.7. The topological polar surface area (TPSA) is 110 Å². The van der Waals surface area contributed by atoms with Crippen molar-refractivity contribution in [1.29, 1.82) is 0 Å². The van der Waals surface area contributed by atoms with Crippen molar-refractivity contribution in [3.63, 3.8) is 0 Å². The molecule has 1 amide bonds. The van der Waals surface area contributed by atoms with Crippen LogP contribution in [0, 0.1) is 21.4 Å². The Balaban J connectivity index is 1.71. The lowest BCUT2D eigenvalue weighted by Crippen LogP contribution is -2.48. The maximum atomic E-state index is 12.2. The number of fused-ring (bicyclic) bond motifs is 1. The zero-order valence-electron chi connectivity index (χ0n) is 12.5. The number of nitro groups is 1. The summed E-state index contributed by atoms with van der Waals surface area (Å²) in [4.78, 5) is 34.7. The zero-order chi connectivity index (χ0) is 16.8. The third-order valence-electron chi connectivity index (χ3n) is 4.71. The molecule has 1 aliphatic heterocycles. The molecule has 1 saturated carbocycles. The Morgan fingerprint density at radius 1 is 1.39 bits per heavy atom. The average Bonchev–Trinajstić information content (AvgIpc) is 3.16. The fraction of sp³-hybridized carbons (Fsp3) is 0.467. The van der Waals surface area contributed by atoms with Gasteiger partial charge >= 0.3 is 12.1 Å². The monoisotopic (exact) mass is 320 g/mol. The molecule has 3 unspecified atom stereocenters. The number of nitrogens with zero attached hydrogens (tertiary/aromatic N) is 2. The highest BCUT2D eigenvalue weighted by Crippen LogP contribution is 2.58. The number of carboxylic acid groups (broad SMARTS) is 1. The van der Waals surface area contributed by atoms with Crippen molar-refractivity contribution in [3.05, 3.63) is 39.9 Å². The van der Waals surface area contributed by atoms with Crippen molar-refractivity contribution in [2.45, 2.75) is 26.0 Å². The van der Waals surface area contributed by atoms with E-state index in [4.69, 9.17) is 4.74 Å². The number of esters is 1. The van der Waals surface area contributed by atoms with E-state index in [0.717, 1.165) is 11.3 Å². The van der Waals surface area contributed by atoms with Crippen LogP contribution in [0.1, 0.15) is 30.1 Å². The molecule has 0 radical (unpaired) electrons. The standard InChI is InChI=1S/C15H16N2O6/c1-15-7-10(15)6-12(16(8-15)14(19)20)23-13(18)9-2-4-11(5-3-9)17(21)22/h2-5,10,12H,6-8H2,1H3,(H,19,20). The number of hydrogen-bond donors (Lipinski definition) is 1. The number of carbonyl (C=O) groups excluding carboxylic acids is 1. The van der Waals surface area contributed by atoms with E-state index in [1.165, 1.54) is 24.3 Å². The molecule has 0 bridgehead atoms. The van der Waals surface area contributed by atoms with Crippen LogP contribution < -0.4 is 0 Å². The molecule has 1 aromatic rings. The Morgan fingerprint density at radius 3 is 2.61 bits per heavy atom. The first-order valence-electron chi connectivity index (χ1n) is 7.25. The quantitative estimate of drug-likeness (QED) is 0.520. The molecule has 1 aromatic carbocycles. The first-order chi connectivity index (χ1) is 10.8. The smallest absolute Gasteiger partial charge is 0.410 e.